The Bertz CT molecular complexity index is 1050. The van der Waals surface area contributed by atoms with Gasteiger partial charge in [-0.1, -0.05) is 11.2 Å². The fraction of sp³-hybridized carbons (Fsp3) is 0.250. The van der Waals surface area contributed by atoms with Crippen molar-refractivity contribution in [1.29, 1.82) is 5.26 Å². The molecule has 0 spiro atoms. The molecule has 0 radical (unpaired) electrons. The largest absolute Gasteiger partial charge is 0.496 e. The Hall–Kier alpha value is -3.33. The number of nitrogens with one attached hydrogen (secondary N) is 1. The molecule has 1 aromatic carbocycles. The second-order valence-electron chi connectivity index (χ2n) is 6.19. The van der Waals surface area contributed by atoms with Crippen molar-refractivity contribution in [2.24, 2.45) is 0 Å². The average Bonchev–Trinajstić information content (AvgIpc) is 2.93. The summed E-state index contributed by atoms with van der Waals surface area (Å²) >= 11 is 0. The van der Waals surface area contributed by atoms with Crippen LogP contribution in [0.5, 0.6) is 5.75 Å². The number of pyridine rings is 1. The van der Waals surface area contributed by atoms with Crippen LogP contribution in [0.3, 0.4) is 0 Å². The quantitative estimate of drug-likeness (QED) is 0.779. The number of methoxy groups -OCH3 is 1. The van der Waals surface area contributed by atoms with E-state index in [0.717, 1.165) is 33.9 Å². The van der Waals surface area contributed by atoms with Gasteiger partial charge in [0.1, 0.15) is 23.1 Å². The number of aromatic nitrogens is 2. The second kappa shape index (κ2) is 6.89. The minimum atomic E-state index is -0.384. The fourth-order valence-electron chi connectivity index (χ4n) is 3.06. The Morgan fingerprint density at radius 1 is 1.27 bits per heavy atom. The molecule has 0 aliphatic carbocycles. The summed E-state index contributed by atoms with van der Waals surface area (Å²) in [6, 6.07) is 9.45. The summed E-state index contributed by atoms with van der Waals surface area (Å²) in [7, 11) is 1.62. The lowest BCUT2D eigenvalue weighted by molar-refractivity contribution is 0.392. The van der Waals surface area contributed by atoms with E-state index >= 15 is 0 Å². The molecule has 6 heteroatoms. The number of nitrogens with zero attached hydrogens (tertiary/aromatic N) is 2. The van der Waals surface area contributed by atoms with Gasteiger partial charge < -0.3 is 14.2 Å². The number of rotatable bonds is 4. The van der Waals surface area contributed by atoms with Crippen molar-refractivity contribution in [3.63, 3.8) is 0 Å². The number of aryl methyl sites for hydroxylation is 3. The molecule has 0 saturated heterocycles. The molecule has 132 valence electrons. The molecule has 0 amide bonds. The summed E-state index contributed by atoms with van der Waals surface area (Å²) < 4.78 is 10.7. The van der Waals surface area contributed by atoms with Crippen LogP contribution in [-0.4, -0.2) is 17.3 Å². The molecule has 2 aromatic heterocycles. The first-order valence-electron chi connectivity index (χ1n) is 8.17. The molecule has 3 aromatic rings. The van der Waals surface area contributed by atoms with Gasteiger partial charge in [0, 0.05) is 23.2 Å². The second-order valence-corrected chi connectivity index (χ2v) is 6.19. The highest BCUT2D eigenvalue weighted by Crippen LogP contribution is 2.30. The summed E-state index contributed by atoms with van der Waals surface area (Å²) in [5.41, 5.74) is 4.58. The lowest BCUT2D eigenvalue weighted by atomic mass is 9.95. The molecular formula is C20H19N3O3. The van der Waals surface area contributed by atoms with E-state index in [0.29, 0.717) is 17.7 Å². The molecule has 0 aliphatic rings. The lowest BCUT2D eigenvalue weighted by Crippen LogP contribution is -2.12. The van der Waals surface area contributed by atoms with Gasteiger partial charge in [-0.05, 0) is 50.1 Å². The summed E-state index contributed by atoms with van der Waals surface area (Å²) in [6.45, 7) is 5.57. The summed E-state index contributed by atoms with van der Waals surface area (Å²) in [5, 5.41) is 13.4. The van der Waals surface area contributed by atoms with Crippen LogP contribution in [0.4, 0.5) is 0 Å². The number of nitriles is 1. The van der Waals surface area contributed by atoms with Crippen LogP contribution in [0.15, 0.2) is 33.6 Å². The van der Waals surface area contributed by atoms with Crippen molar-refractivity contribution in [3.8, 4) is 22.9 Å². The first-order chi connectivity index (χ1) is 12.4. The maximum Gasteiger partial charge on any atom is 0.266 e. The minimum Gasteiger partial charge on any atom is -0.496 e. The van der Waals surface area contributed by atoms with Crippen molar-refractivity contribution >= 4 is 0 Å². The predicted octanol–water partition coefficient (Wildman–Crippen LogP) is 3.43. The monoisotopic (exact) mass is 349 g/mol. The van der Waals surface area contributed by atoms with Crippen molar-refractivity contribution in [2.45, 2.75) is 27.2 Å². The Morgan fingerprint density at radius 2 is 2.04 bits per heavy atom. The number of benzene rings is 1. The van der Waals surface area contributed by atoms with Crippen molar-refractivity contribution in [1.82, 2.24) is 10.1 Å². The molecule has 0 aliphatic heterocycles. The van der Waals surface area contributed by atoms with E-state index in [9.17, 15) is 10.1 Å². The Morgan fingerprint density at radius 3 is 2.65 bits per heavy atom. The third kappa shape index (κ3) is 3.11. The van der Waals surface area contributed by atoms with Crippen LogP contribution in [0.2, 0.25) is 0 Å². The summed E-state index contributed by atoms with van der Waals surface area (Å²) in [6.07, 6.45) is 0.586. The van der Waals surface area contributed by atoms with Gasteiger partial charge in [0.2, 0.25) is 0 Å². The standard InChI is InChI=1S/C20H19N3O3/c1-11-7-17(18(10-21)20(24)22-11)14-5-6-19(25-4)15(8-14)9-16-12(2)23-26-13(16)3/h5-8H,9H2,1-4H3,(H,22,24). The van der Waals surface area contributed by atoms with Gasteiger partial charge in [-0.3, -0.25) is 4.79 Å². The van der Waals surface area contributed by atoms with Crippen molar-refractivity contribution in [2.75, 3.05) is 7.11 Å². The molecule has 1 N–H and O–H groups in total. The molecule has 0 saturated carbocycles. The highest BCUT2D eigenvalue weighted by Gasteiger charge is 2.16. The van der Waals surface area contributed by atoms with Crippen molar-refractivity contribution < 1.29 is 9.26 Å². The van der Waals surface area contributed by atoms with E-state index in [-0.39, 0.29) is 11.1 Å². The van der Waals surface area contributed by atoms with Crippen LogP contribution >= 0.6 is 0 Å². The van der Waals surface area contributed by atoms with Gasteiger partial charge in [-0.15, -0.1) is 0 Å². The van der Waals surface area contributed by atoms with Gasteiger partial charge in [-0.25, -0.2) is 0 Å². The molecular weight excluding hydrogens is 330 g/mol. The van der Waals surface area contributed by atoms with E-state index in [1.165, 1.54) is 0 Å². The maximum absolute atomic E-state index is 12.1. The van der Waals surface area contributed by atoms with Crippen LogP contribution in [0.25, 0.3) is 11.1 Å². The van der Waals surface area contributed by atoms with E-state index < -0.39 is 0 Å². The first kappa shape index (κ1) is 17.5. The highest BCUT2D eigenvalue weighted by molar-refractivity contribution is 5.72. The minimum absolute atomic E-state index is 0.101. The van der Waals surface area contributed by atoms with Crippen molar-refractivity contribution in [3.05, 3.63) is 68.5 Å². The zero-order valence-electron chi connectivity index (χ0n) is 15.1. The Labute approximate surface area is 151 Å². The summed E-state index contributed by atoms with van der Waals surface area (Å²) in [4.78, 5) is 14.8. The smallest absolute Gasteiger partial charge is 0.266 e. The third-order valence-electron chi connectivity index (χ3n) is 4.42. The normalized spacial score (nSPS) is 10.6. The number of hydrogen-bond donors (Lipinski definition) is 1. The molecule has 2 heterocycles. The predicted molar refractivity (Wildman–Crippen MR) is 97.3 cm³/mol. The van der Waals surface area contributed by atoms with Crippen LogP contribution < -0.4 is 10.3 Å². The molecule has 26 heavy (non-hydrogen) atoms. The molecule has 6 nitrogen and oxygen atoms in total. The number of H-pyrrole nitrogens is 1. The van der Waals surface area contributed by atoms with Gasteiger partial charge in [0.15, 0.2) is 0 Å². The van der Waals surface area contributed by atoms with Gasteiger partial charge in [0.25, 0.3) is 5.56 Å². The average molecular weight is 349 g/mol. The molecule has 0 bridgehead atoms. The zero-order valence-corrected chi connectivity index (χ0v) is 15.1. The van der Waals surface area contributed by atoms with E-state index in [2.05, 4.69) is 10.1 Å². The zero-order chi connectivity index (χ0) is 18.8. The Balaban J connectivity index is 2.15. The van der Waals surface area contributed by atoms with Gasteiger partial charge in [-0.2, -0.15) is 5.26 Å². The van der Waals surface area contributed by atoms with E-state index in [4.69, 9.17) is 9.26 Å². The molecule has 0 atom stereocenters. The molecule has 0 fully saturated rings. The topological polar surface area (TPSA) is 91.9 Å². The molecule has 3 rings (SSSR count). The summed E-state index contributed by atoms with van der Waals surface area (Å²) in [5.74, 6) is 1.49. The molecule has 0 unspecified atom stereocenters. The SMILES string of the molecule is COc1ccc(-c2cc(C)[nH]c(=O)c2C#N)cc1Cc1c(C)noc1C. The number of ether oxygens (including phenoxy) is 1. The maximum atomic E-state index is 12.1. The number of aromatic amines is 1. The number of hydrogen-bond acceptors (Lipinski definition) is 5. The first-order valence-corrected chi connectivity index (χ1v) is 8.17. The Kier molecular flexibility index (Phi) is 4.63. The van der Waals surface area contributed by atoms with Crippen LogP contribution in [0, 0.1) is 32.1 Å². The third-order valence-corrected chi connectivity index (χ3v) is 4.42. The van der Waals surface area contributed by atoms with Crippen LogP contribution in [0.1, 0.15) is 33.8 Å². The van der Waals surface area contributed by atoms with E-state index in [1.54, 1.807) is 20.1 Å². The van der Waals surface area contributed by atoms with Gasteiger partial charge in [0.05, 0.1) is 12.8 Å². The highest BCUT2D eigenvalue weighted by atomic mass is 16.5. The fourth-order valence-corrected chi connectivity index (χ4v) is 3.06. The van der Waals surface area contributed by atoms with Crippen LogP contribution in [-0.2, 0) is 6.42 Å². The van der Waals surface area contributed by atoms with Gasteiger partial charge >= 0.3 is 0 Å². The van der Waals surface area contributed by atoms with E-state index in [1.807, 2.05) is 38.1 Å². The lowest BCUT2D eigenvalue weighted by Gasteiger charge is -2.12.